The van der Waals surface area contributed by atoms with Gasteiger partial charge in [0.2, 0.25) is 0 Å². The molecule has 3 rings (SSSR count). The SMILES string of the molecule is CC1CCN(C(=O)c2ccc3ccc(Cl)cc3n2)C(C(=O)O)C1. The first kappa shape index (κ1) is 15.7. The summed E-state index contributed by atoms with van der Waals surface area (Å²) >= 11 is 5.97. The fourth-order valence-corrected chi connectivity index (χ4v) is 3.14. The molecule has 1 amide bonds. The van der Waals surface area contributed by atoms with Gasteiger partial charge in [0.05, 0.1) is 5.52 Å². The van der Waals surface area contributed by atoms with E-state index in [1.807, 2.05) is 13.0 Å². The number of benzene rings is 1. The molecule has 0 bridgehead atoms. The van der Waals surface area contributed by atoms with Gasteiger partial charge in [-0.3, -0.25) is 4.79 Å². The van der Waals surface area contributed by atoms with Crippen LogP contribution in [0.4, 0.5) is 0 Å². The lowest BCUT2D eigenvalue weighted by Gasteiger charge is -2.35. The fraction of sp³-hybridized carbons (Fsp3) is 0.353. The van der Waals surface area contributed by atoms with Gasteiger partial charge in [-0.25, -0.2) is 9.78 Å². The van der Waals surface area contributed by atoms with E-state index in [1.165, 1.54) is 4.90 Å². The van der Waals surface area contributed by atoms with E-state index in [9.17, 15) is 14.7 Å². The molecule has 1 aliphatic rings. The predicted octanol–water partition coefficient (Wildman–Crippen LogP) is 3.21. The number of aromatic nitrogens is 1. The Bertz CT molecular complexity index is 778. The number of nitrogens with zero attached hydrogens (tertiary/aromatic N) is 2. The first-order valence-corrected chi connectivity index (χ1v) is 7.93. The van der Waals surface area contributed by atoms with Crippen LogP contribution >= 0.6 is 11.6 Å². The van der Waals surface area contributed by atoms with E-state index in [-0.39, 0.29) is 11.6 Å². The van der Waals surface area contributed by atoms with Crippen LogP contribution in [0.1, 0.15) is 30.3 Å². The van der Waals surface area contributed by atoms with Gasteiger partial charge >= 0.3 is 5.97 Å². The molecule has 0 radical (unpaired) electrons. The van der Waals surface area contributed by atoms with Gasteiger partial charge in [0.1, 0.15) is 11.7 Å². The summed E-state index contributed by atoms with van der Waals surface area (Å²) in [5.41, 5.74) is 0.876. The van der Waals surface area contributed by atoms with Crippen LogP contribution in [-0.2, 0) is 4.79 Å². The molecule has 120 valence electrons. The van der Waals surface area contributed by atoms with Crippen LogP contribution in [0.5, 0.6) is 0 Å². The zero-order chi connectivity index (χ0) is 16.6. The number of piperidine rings is 1. The molecule has 0 spiro atoms. The Morgan fingerprint density at radius 2 is 2.04 bits per heavy atom. The number of carboxylic acid groups (broad SMARTS) is 1. The summed E-state index contributed by atoms with van der Waals surface area (Å²) in [6.07, 6.45) is 1.27. The predicted molar refractivity (Wildman–Crippen MR) is 87.6 cm³/mol. The highest BCUT2D eigenvalue weighted by Gasteiger charge is 2.35. The minimum absolute atomic E-state index is 0.251. The summed E-state index contributed by atoms with van der Waals surface area (Å²) in [4.78, 5) is 30.0. The Morgan fingerprint density at radius 1 is 1.30 bits per heavy atom. The van der Waals surface area contributed by atoms with E-state index >= 15 is 0 Å². The van der Waals surface area contributed by atoms with Crippen molar-refractivity contribution in [2.24, 2.45) is 5.92 Å². The molecular formula is C17H17ClN2O3. The van der Waals surface area contributed by atoms with Gasteiger partial charge in [-0.1, -0.05) is 30.7 Å². The summed E-state index contributed by atoms with van der Waals surface area (Å²) in [5.74, 6) is -1.01. The van der Waals surface area contributed by atoms with Gasteiger partial charge in [0, 0.05) is 17.0 Å². The summed E-state index contributed by atoms with van der Waals surface area (Å²) < 4.78 is 0. The maximum atomic E-state index is 12.7. The fourth-order valence-electron chi connectivity index (χ4n) is 2.98. The molecule has 1 aromatic heterocycles. The number of carbonyl (C=O) groups is 2. The Hall–Kier alpha value is -2.14. The van der Waals surface area contributed by atoms with Gasteiger partial charge in [0.15, 0.2) is 0 Å². The third-order valence-corrected chi connectivity index (χ3v) is 4.52. The number of likely N-dealkylation sites (tertiary alicyclic amines) is 1. The summed E-state index contributed by atoms with van der Waals surface area (Å²) in [7, 11) is 0. The maximum absolute atomic E-state index is 12.7. The minimum Gasteiger partial charge on any atom is -0.480 e. The molecule has 2 unspecified atom stereocenters. The lowest BCUT2D eigenvalue weighted by atomic mass is 9.92. The average Bonchev–Trinajstić information content (AvgIpc) is 2.53. The molecule has 23 heavy (non-hydrogen) atoms. The molecule has 5 nitrogen and oxygen atoms in total. The molecule has 2 aromatic rings. The minimum atomic E-state index is -0.964. The second-order valence-electron chi connectivity index (χ2n) is 6.02. The van der Waals surface area contributed by atoms with Gasteiger partial charge in [0.25, 0.3) is 5.91 Å². The number of carboxylic acids is 1. The number of hydrogen-bond donors (Lipinski definition) is 1. The number of aliphatic carboxylic acids is 1. The Labute approximate surface area is 138 Å². The lowest BCUT2D eigenvalue weighted by molar-refractivity contribution is -0.144. The highest BCUT2D eigenvalue weighted by Crippen LogP contribution is 2.25. The Balaban J connectivity index is 1.93. The number of rotatable bonds is 2. The van der Waals surface area contributed by atoms with Crippen LogP contribution in [0.15, 0.2) is 30.3 Å². The standard InChI is InChI=1S/C17H17ClN2O3/c1-10-6-7-20(15(8-10)17(22)23)16(21)13-5-3-11-2-4-12(18)9-14(11)19-13/h2-5,9-10,15H,6-8H2,1H3,(H,22,23). The van der Waals surface area contributed by atoms with Crippen LogP contribution in [0.2, 0.25) is 5.02 Å². The van der Waals surface area contributed by atoms with Crippen LogP contribution < -0.4 is 0 Å². The normalized spacial score (nSPS) is 21.4. The van der Waals surface area contributed by atoms with Crippen molar-refractivity contribution in [2.45, 2.75) is 25.8 Å². The largest absolute Gasteiger partial charge is 0.480 e. The van der Waals surface area contributed by atoms with Crippen molar-refractivity contribution in [1.82, 2.24) is 9.88 Å². The molecule has 1 aromatic carbocycles. The third kappa shape index (κ3) is 3.15. The van der Waals surface area contributed by atoms with Gasteiger partial charge in [-0.05, 0) is 37.0 Å². The second-order valence-corrected chi connectivity index (χ2v) is 6.45. The molecule has 2 heterocycles. The first-order chi connectivity index (χ1) is 11.0. The molecule has 1 fully saturated rings. The van der Waals surface area contributed by atoms with Crippen LogP contribution in [0.3, 0.4) is 0 Å². The number of halogens is 1. The number of fused-ring (bicyclic) bond motifs is 1. The number of amides is 1. The summed E-state index contributed by atoms with van der Waals surface area (Å²) in [5, 5.41) is 10.8. The number of pyridine rings is 1. The summed E-state index contributed by atoms with van der Waals surface area (Å²) in [6.45, 7) is 2.44. The van der Waals surface area contributed by atoms with E-state index in [4.69, 9.17) is 11.6 Å². The number of carbonyl (C=O) groups excluding carboxylic acids is 1. The monoisotopic (exact) mass is 332 g/mol. The van der Waals surface area contributed by atoms with E-state index in [2.05, 4.69) is 4.98 Å². The maximum Gasteiger partial charge on any atom is 0.326 e. The molecule has 2 atom stereocenters. The highest BCUT2D eigenvalue weighted by atomic mass is 35.5. The van der Waals surface area contributed by atoms with Crippen molar-refractivity contribution in [3.63, 3.8) is 0 Å². The van der Waals surface area contributed by atoms with Gasteiger partial charge in [-0.2, -0.15) is 0 Å². The van der Waals surface area contributed by atoms with Gasteiger partial charge in [-0.15, -0.1) is 0 Å². The van der Waals surface area contributed by atoms with Crippen molar-refractivity contribution >= 4 is 34.4 Å². The van der Waals surface area contributed by atoms with E-state index in [1.54, 1.807) is 24.3 Å². The first-order valence-electron chi connectivity index (χ1n) is 7.56. The average molecular weight is 333 g/mol. The molecule has 0 aliphatic carbocycles. The van der Waals surface area contributed by atoms with Crippen LogP contribution in [0.25, 0.3) is 10.9 Å². The molecular weight excluding hydrogens is 316 g/mol. The molecule has 1 aliphatic heterocycles. The van der Waals surface area contributed by atoms with E-state index < -0.39 is 12.0 Å². The van der Waals surface area contributed by atoms with Gasteiger partial charge < -0.3 is 10.0 Å². The number of hydrogen-bond acceptors (Lipinski definition) is 3. The molecule has 6 heteroatoms. The third-order valence-electron chi connectivity index (χ3n) is 4.28. The van der Waals surface area contributed by atoms with Crippen molar-refractivity contribution < 1.29 is 14.7 Å². The van der Waals surface area contributed by atoms with Crippen molar-refractivity contribution in [3.8, 4) is 0 Å². The lowest BCUT2D eigenvalue weighted by Crippen LogP contribution is -2.50. The molecule has 1 saturated heterocycles. The van der Waals surface area contributed by atoms with Crippen molar-refractivity contribution in [2.75, 3.05) is 6.54 Å². The Morgan fingerprint density at radius 3 is 2.78 bits per heavy atom. The van der Waals surface area contributed by atoms with Crippen LogP contribution in [-0.4, -0.2) is 39.5 Å². The molecule has 0 saturated carbocycles. The zero-order valence-corrected chi connectivity index (χ0v) is 13.5. The smallest absolute Gasteiger partial charge is 0.326 e. The zero-order valence-electron chi connectivity index (χ0n) is 12.7. The van der Waals surface area contributed by atoms with E-state index in [0.717, 1.165) is 11.8 Å². The second kappa shape index (κ2) is 6.16. The van der Waals surface area contributed by atoms with Crippen molar-refractivity contribution in [3.05, 3.63) is 41.0 Å². The van der Waals surface area contributed by atoms with Crippen LogP contribution in [0, 0.1) is 5.92 Å². The Kier molecular flexibility index (Phi) is 4.22. The summed E-state index contributed by atoms with van der Waals surface area (Å²) in [6, 6.07) is 7.94. The van der Waals surface area contributed by atoms with Crippen molar-refractivity contribution in [1.29, 1.82) is 0 Å². The highest BCUT2D eigenvalue weighted by molar-refractivity contribution is 6.31. The van der Waals surface area contributed by atoms with E-state index in [0.29, 0.717) is 29.4 Å². The topological polar surface area (TPSA) is 70.5 Å². The quantitative estimate of drug-likeness (QED) is 0.916. The molecule has 1 N–H and O–H groups in total.